The number of hydrogen-bond donors (Lipinski definition) is 0. The van der Waals surface area contributed by atoms with E-state index in [-0.39, 0.29) is 10.8 Å². The molecule has 24 heavy (non-hydrogen) atoms. The number of halogens is 1. The fourth-order valence-corrected chi connectivity index (χ4v) is 7.65. The number of rotatable bonds is 5. The molecule has 0 N–H and O–H groups in total. The molecular formula is C19H21IO3S. The quantitative estimate of drug-likeness (QED) is 0.470. The molecule has 0 amide bonds. The fraction of sp³-hybridized carbons (Fsp3) is 0.263. The average molecular weight is 456 g/mol. The van der Waals surface area contributed by atoms with Crippen molar-refractivity contribution in [2.75, 3.05) is 0 Å². The summed E-state index contributed by atoms with van der Waals surface area (Å²) in [6, 6.07) is 16.1. The normalized spacial score (nSPS) is 12.9. The third-order valence-corrected chi connectivity index (χ3v) is 9.68. The summed E-state index contributed by atoms with van der Waals surface area (Å²) in [6.07, 6.45) is 0.927. The summed E-state index contributed by atoms with van der Waals surface area (Å²) in [7, 11) is -3.81. The van der Waals surface area contributed by atoms with Gasteiger partial charge in [-0.2, -0.15) is 0 Å². The van der Waals surface area contributed by atoms with Gasteiger partial charge in [-0.05, 0) is 0 Å². The molecule has 128 valence electrons. The molecule has 0 aliphatic carbocycles. The molecule has 0 aliphatic rings. The molecule has 0 saturated carbocycles. The van der Waals surface area contributed by atoms with E-state index in [2.05, 4.69) is 16.8 Å². The van der Waals surface area contributed by atoms with Crippen LogP contribution >= 0.6 is 20.2 Å². The van der Waals surface area contributed by atoms with Crippen LogP contribution in [0.3, 0.4) is 0 Å². The van der Waals surface area contributed by atoms with Crippen LogP contribution in [0.25, 0.3) is 0 Å². The summed E-state index contributed by atoms with van der Waals surface area (Å²) in [6.45, 7) is 6.00. The van der Waals surface area contributed by atoms with Gasteiger partial charge in [-0.3, -0.25) is 0 Å². The van der Waals surface area contributed by atoms with Crippen LogP contribution in [0.2, 0.25) is 0 Å². The van der Waals surface area contributed by atoms with Crippen molar-refractivity contribution in [3.8, 4) is 9.85 Å². The summed E-state index contributed by atoms with van der Waals surface area (Å²) in [5.74, 6) is 3.37. The standard InChI is InChI=1S/C19H21IO3S/c1-4-16(2)14-15-20(18-8-6-5-7-9-18)23-24(21,22)19-12-10-17(3)11-13-19/h5-13,16H,4H2,1-3H3. The van der Waals surface area contributed by atoms with Gasteiger partial charge < -0.3 is 0 Å². The van der Waals surface area contributed by atoms with Crippen LogP contribution in [0.1, 0.15) is 25.8 Å². The van der Waals surface area contributed by atoms with Gasteiger partial charge in [-0.15, -0.1) is 0 Å². The van der Waals surface area contributed by atoms with Gasteiger partial charge in [0.2, 0.25) is 0 Å². The third kappa shape index (κ3) is 5.33. The molecule has 0 radical (unpaired) electrons. The Balaban J connectivity index is 2.33. The first-order valence-electron chi connectivity index (χ1n) is 7.70. The summed E-state index contributed by atoms with van der Waals surface area (Å²) >= 11 is -2.62. The van der Waals surface area contributed by atoms with Crippen molar-refractivity contribution in [2.45, 2.75) is 32.1 Å². The van der Waals surface area contributed by atoms with E-state index in [0.29, 0.717) is 0 Å². The molecule has 2 rings (SSSR count). The Kier molecular flexibility index (Phi) is 6.84. The zero-order chi connectivity index (χ0) is 17.6. The number of aryl methyl sites for hydroxylation is 1. The van der Waals surface area contributed by atoms with Crippen LogP contribution < -0.4 is 0 Å². The Hall–Kier alpha value is -1.36. The first-order chi connectivity index (χ1) is 11.4. The second-order valence-electron chi connectivity index (χ2n) is 5.42. The minimum absolute atomic E-state index is 0.177. The molecule has 1 atom stereocenters. The topological polar surface area (TPSA) is 43.4 Å². The fourth-order valence-electron chi connectivity index (χ4n) is 1.70. The van der Waals surface area contributed by atoms with Crippen molar-refractivity contribution in [1.82, 2.24) is 0 Å². The van der Waals surface area contributed by atoms with E-state index in [9.17, 15) is 8.42 Å². The van der Waals surface area contributed by atoms with Crippen molar-refractivity contribution >= 4 is 30.4 Å². The average Bonchev–Trinajstić information content (AvgIpc) is 2.59. The second kappa shape index (κ2) is 8.65. The van der Waals surface area contributed by atoms with Gasteiger partial charge in [0.05, 0.1) is 0 Å². The van der Waals surface area contributed by atoms with Crippen LogP contribution in [-0.4, -0.2) is 8.42 Å². The first kappa shape index (κ1) is 19.0. The van der Waals surface area contributed by atoms with E-state index in [1.54, 1.807) is 24.3 Å². The molecule has 0 heterocycles. The SMILES string of the molecule is CCC(C)C#CI(OS(=O)(=O)c1ccc(C)cc1)c1ccccc1. The molecule has 2 aromatic carbocycles. The van der Waals surface area contributed by atoms with E-state index < -0.39 is 30.4 Å². The van der Waals surface area contributed by atoms with E-state index in [1.165, 1.54) is 0 Å². The Morgan fingerprint density at radius 2 is 1.71 bits per heavy atom. The maximum atomic E-state index is 12.6. The summed E-state index contributed by atoms with van der Waals surface area (Å²) in [4.78, 5) is 0.177. The molecule has 1 unspecified atom stereocenters. The molecule has 0 aliphatic heterocycles. The predicted molar refractivity (Wildman–Crippen MR) is 106 cm³/mol. The van der Waals surface area contributed by atoms with Crippen LogP contribution in [0.4, 0.5) is 0 Å². The molecule has 5 heteroatoms. The first-order valence-corrected chi connectivity index (χ1v) is 12.1. The molecule has 0 saturated heterocycles. The van der Waals surface area contributed by atoms with Gasteiger partial charge in [0.15, 0.2) is 0 Å². The summed E-state index contributed by atoms with van der Waals surface area (Å²) in [5.41, 5.74) is 1.00. The molecular weight excluding hydrogens is 435 g/mol. The Bertz CT molecular complexity index is 818. The van der Waals surface area contributed by atoms with Crippen LogP contribution in [0.15, 0.2) is 59.5 Å². The molecule has 0 bridgehead atoms. The van der Waals surface area contributed by atoms with Gasteiger partial charge in [-0.1, -0.05) is 0 Å². The Labute approximate surface area is 152 Å². The van der Waals surface area contributed by atoms with Crippen LogP contribution in [-0.2, 0) is 12.6 Å². The van der Waals surface area contributed by atoms with E-state index in [4.69, 9.17) is 2.51 Å². The van der Waals surface area contributed by atoms with Crippen molar-refractivity contribution in [3.63, 3.8) is 0 Å². The van der Waals surface area contributed by atoms with E-state index >= 15 is 0 Å². The second-order valence-corrected chi connectivity index (χ2v) is 11.2. The molecule has 0 fully saturated rings. The Morgan fingerprint density at radius 3 is 2.29 bits per heavy atom. The van der Waals surface area contributed by atoms with Gasteiger partial charge in [0.25, 0.3) is 0 Å². The van der Waals surface area contributed by atoms with Gasteiger partial charge in [-0.25, -0.2) is 0 Å². The van der Waals surface area contributed by atoms with Crippen molar-refractivity contribution in [2.24, 2.45) is 5.92 Å². The third-order valence-electron chi connectivity index (χ3n) is 3.39. The molecule has 2 aromatic rings. The summed E-state index contributed by atoms with van der Waals surface area (Å²) < 4.78 is 34.8. The Morgan fingerprint density at radius 1 is 1.08 bits per heavy atom. The van der Waals surface area contributed by atoms with E-state index in [0.717, 1.165) is 15.6 Å². The van der Waals surface area contributed by atoms with Gasteiger partial charge in [0, 0.05) is 0 Å². The molecule has 0 aromatic heterocycles. The van der Waals surface area contributed by atoms with Crippen molar-refractivity contribution in [1.29, 1.82) is 0 Å². The monoisotopic (exact) mass is 456 g/mol. The summed E-state index contributed by atoms with van der Waals surface area (Å²) in [5, 5.41) is 0. The van der Waals surface area contributed by atoms with Crippen molar-refractivity contribution in [3.05, 3.63) is 63.7 Å². The van der Waals surface area contributed by atoms with Crippen molar-refractivity contribution < 1.29 is 10.9 Å². The number of benzene rings is 2. The van der Waals surface area contributed by atoms with Gasteiger partial charge in [0.1, 0.15) is 0 Å². The predicted octanol–water partition coefficient (Wildman–Crippen LogP) is 5.00. The van der Waals surface area contributed by atoms with E-state index in [1.807, 2.05) is 44.2 Å². The van der Waals surface area contributed by atoms with Gasteiger partial charge >= 0.3 is 153 Å². The number of hydrogen-bond acceptors (Lipinski definition) is 3. The zero-order valence-electron chi connectivity index (χ0n) is 14.0. The van der Waals surface area contributed by atoms with Crippen LogP contribution in [0, 0.1) is 26.3 Å². The minimum atomic E-state index is -3.81. The molecule has 3 nitrogen and oxygen atoms in total. The van der Waals surface area contributed by atoms with Crippen LogP contribution in [0.5, 0.6) is 0 Å². The molecule has 0 spiro atoms. The maximum absolute atomic E-state index is 12.6. The zero-order valence-corrected chi connectivity index (χ0v) is 17.0.